The Labute approximate surface area is 202 Å². The van der Waals surface area contributed by atoms with Gasteiger partial charge in [0.05, 0.1) is 6.54 Å². The fourth-order valence-electron chi connectivity index (χ4n) is 4.48. The van der Waals surface area contributed by atoms with E-state index in [-0.39, 0.29) is 36.0 Å². The minimum Gasteiger partial charge on any atom is -0.369 e. The largest absolute Gasteiger partial charge is 0.369 e. The molecular formula is C25H26FN5O3S. The fourth-order valence-corrected chi connectivity index (χ4v) is 6.02. The highest BCUT2D eigenvalue weighted by atomic mass is 32.2. The van der Waals surface area contributed by atoms with Gasteiger partial charge in [-0.3, -0.25) is 0 Å². The Kier molecular flexibility index (Phi) is 5.94. The fraction of sp³-hybridized carbons (Fsp3) is 0.280. The van der Waals surface area contributed by atoms with E-state index in [2.05, 4.69) is 5.10 Å². The first-order chi connectivity index (χ1) is 16.7. The number of rotatable bonds is 5. The Morgan fingerprint density at radius 2 is 1.69 bits per heavy atom. The van der Waals surface area contributed by atoms with Crippen LogP contribution in [0.5, 0.6) is 0 Å². The third kappa shape index (κ3) is 4.35. The topological polar surface area (TPSA) is 79.9 Å². The summed E-state index contributed by atoms with van der Waals surface area (Å²) in [7, 11) is -3.88. The van der Waals surface area contributed by atoms with Gasteiger partial charge in [0.2, 0.25) is 10.0 Å². The zero-order valence-electron chi connectivity index (χ0n) is 19.6. The summed E-state index contributed by atoms with van der Waals surface area (Å²) in [6.45, 7) is 5.73. The van der Waals surface area contributed by atoms with E-state index in [4.69, 9.17) is 0 Å². The SMILES string of the molecule is Cc1ccc(Cn2nc3c(S(=O)(=O)N4CCN(c5ccc(F)cc5)CC4)cccn3c2=O)c(C)c1. The van der Waals surface area contributed by atoms with Crippen molar-refractivity contribution in [3.8, 4) is 0 Å². The minimum absolute atomic E-state index is 0.00621. The van der Waals surface area contributed by atoms with Crippen molar-refractivity contribution in [2.45, 2.75) is 25.3 Å². The predicted octanol–water partition coefficient (Wildman–Crippen LogP) is 2.81. The van der Waals surface area contributed by atoms with Crippen molar-refractivity contribution in [3.63, 3.8) is 0 Å². The molecule has 0 spiro atoms. The highest BCUT2D eigenvalue weighted by Gasteiger charge is 2.31. The van der Waals surface area contributed by atoms with Crippen molar-refractivity contribution in [2.24, 2.45) is 0 Å². The van der Waals surface area contributed by atoms with Gasteiger partial charge in [-0.1, -0.05) is 23.8 Å². The van der Waals surface area contributed by atoms with Crippen LogP contribution in [0.4, 0.5) is 10.1 Å². The highest BCUT2D eigenvalue weighted by molar-refractivity contribution is 7.89. The van der Waals surface area contributed by atoms with Crippen LogP contribution in [0.15, 0.2) is 70.5 Å². The lowest BCUT2D eigenvalue weighted by atomic mass is 10.1. The van der Waals surface area contributed by atoms with Gasteiger partial charge >= 0.3 is 5.69 Å². The summed E-state index contributed by atoms with van der Waals surface area (Å²) in [6, 6.07) is 15.2. The van der Waals surface area contributed by atoms with E-state index in [1.165, 1.54) is 37.8 Å². The number of piperazine rings is 1. The second kappa shape index (κ2) is 8.94. The molecule has 0 radical (unpaired) electrons. The number of hydrogen-bond donors (Lipinski definition) is 0. The van der Waals surface area contributed by atoms with Crippen LogP contribution in [-0.2, 0) is 16.6 Å². The van der Waals surface area contributed by atoms with Crippen molar-refractivity contribution in [1.29, 1.82) is 0 Å². The molecule has 2 aromatic carbocycles. The first-order valence-corrected chi connectivity index (χ1v) is 12.8. The zero-order valence-corrected chi connectivity index (χ0v) is 20.4. The smallest absolute Gasteiger partial charge is 0.350 e. The molecule has 8 nitrogen and oxygen atoms in total. The van der Waals surface area contributed by atoms with Gasteiger partial charge in [-0.2, -0.15) is 4.31 Å². The van der Waals surface area contributed by atoms with Gasteiger partial charge in [0.1, 0.15) is 10.7 Å². The van der Waals surface area contributed by atoms with Crippen molar-refractivity contribution < 1.29 is 12.8 Å². The Morgan fingerprint density at radius 3 is 2.37 bits per heavy atom. The number of nitrogens with zero attached hydrogens (tertiary/aromatic N) is 5. The van der Waals surface area contributed by atoms with E-state index in [1.54, 1.807) is 18.2 Å². The van der Waals surface area contributed by atoms with E-state index >= 15 is 0 Å². The van der Waals surface area contributed by atoms with Gasteiger partial charge in [-0.25, -0.2) is 26.7 Å². The molecule has 0 atom stereocenters. The molecular weight excluding hydrogens is 469 g/mol. The van der Waals surface area contributed by atoms with E-state index in [9.17, 15) is 17.6 Å². The van der Waals surface area contributed by atoms with Crippen molar-refractivity contribution in [1.82, 2.24) is 18.5 Å². The molecule has 1 aliphatic rings. The van der Waals surface area contributed by atoms with Gasteiger partial charge in [0.15, 0.2) is 5.65 Å². The van der Waals surface area contributed by atoms with Crippen molar-refractivity contribution >= 4 is 21.4 Å². The lowest BCUT2D eigenvalue weighted by molar-refractivity contribution is 0.385. The molecule has 3 heterocycles. The standard InChI is InChI=1S/C25H26FN5O3S/c1-18-5-6-20(19(2)16-18)17-31-25(32)30-11-3-4-23(24(30)27-31)35(33,34)29-14-12-28(13-15-29)22-9-7-21(26)8-10-22/h3-11,16H,12-15,17H2,1-2H3. The van der Waals surface area contributed by atoms with Crippen LogP contribution in [0.25, 0.3) is 5.65 Å². The van der Waals surface area contributed by atoms with Crippen LogP contribution in [0.2, 0.25) is 0 Å². The third-order valence-electron chi connectivity index (χ3n) is 6.44. The third-order valence-corrected chi connectivity index (χ3v) is 8.36. The molecule has 0 aliphatic carbocycles. The summed E-state index contributed by atoms with van der Waals surface area (Å²) in [4.78, 5) is 15.0. The molecule has 4 aromatic rings. The van der Waals surface area contributed by atoms with Crippen LogP contribution in [0.3, 0.4) is 0 Å². The number of benzene rings is 2. The monoisotopic (exact) mass is 495 g/mol. The van der Waals surface area contributed by atoms with E-state index in [0.29, 0.717) is 13.1 Å². The first-order valence-electron chi connectivity index (χ1n) is 11.4. The lowest BCUT2D eigenvalue weighted by Crippen LogP contribution is -2.48. The van der Waals surface area contributed by atoms with Crippen LogP contribution in [0.1, 0.15) is 16.7 Å². The summed E-state index contributed by atoms with van der Waals surface area (Å²) >= 11 is 0. The molecule has 0 amide bonds. The number of halogens is 1. The van der Waals surface area contributed by atoms with Gasteiger partial charge in [-0.15, -0.1) is 5.10 Å². The van der Waals surface area contributed by atoms with E-state index in [0.717, 1.165) is 22.4 Å². The van der Waals surface area contributed by atoms with Crippen molar-refractivity contribution in [3.05, 3.63) is 93.8 Å². The van der Waals surface area contributed by atoms with Crippen molar-refractivity contribution in [2.75, 3.05) is 31.1 Å². The van der Waals surface area contributed by atoms with Crippen LogP contribution < -0.4 is 10.6 Å². The molecule has 0 unspecified atom stereocenters. The summed E-state index contributed by atoms with van der Waals surface area (Å²) < 4.78 is 44.3. The lowest BCUT2D eigenvalue weighted by Gasteiger charge is -2.35. The number of sulfonamides is 1. The molecule has 10 heteroatoms. The Hall–Kier alpha value is -3.50. The van der Waals surface area contributed by atoms with Gasteiger partial charge in [0, 0.05) is 38.1 Å². The summed E-state index contributed by atoms with van der Waals surface area (Å²) in [5.74, 6) is -0.310. The maximum Gasteiger partial charge on any atom is 0.350 e. The first kappa shape index (κ1) is 23.3. The Bertz CT molecular complexity index is 1550. The molecule has 1 aliphatic heterocycles. The maximum absolute atomic E-state index is 13.6. The zero-order chi connectivity index (χ0) is 24.7. The minimum atomic E-state index is -3.88. The van der Waals surface area contributed by atoms with Gasteiger partial charge in [-0.05, 0) is 61.4 Å². The number of aromatic nitrogens is 3. The quantitative estimate of drug-likeness (QED) is 0.426. The number of fused-ring (bicyclic) bond motifs is 1. The second-order valence-corrected chi connectivity index (χ2v) is 10.7. The number of pyridine rings is 1. The molecule has 1 fully saturated rings. The summed E-state index contributed by atoms with van der Waals surface area (Å²) in [5.41, 5.74) is 3.69. The van der Waals surface area contributed by atoms with Gasteiger partial charge < -0.3 is 4.90 Å². The molecule has 2 aromatic heterocycles. The molecule has 5 rings (SSSR count). The van der Waals surface area contributed by atoms with Gasteiger partial charge in [0.25, 0.3) is 0 Å². The molecule has 182 valence electrons. The number of aryl methyl sites for hydroxylation is 2. The molecule has 0 saturated carbocycles. The van der Waals surface area contributed by atoms with E-state index < -0.39 is 15.7 Å². The van der Waals surface area contributed by atoms with Crippen LogP contribution >= 0.6 is 0 Å². The molecule has 35 heavy (non-hydrogen) atoms. The van der Waals surface area contributed by atoms with E-state index in [1.807, 2.05) is 36.9 Å². The molecule has 0 N–H and O–H groups in total. The second-order valence-electron chi connectivity index (χ2n) is 8.80. The average Bonchev–Trinajstić information content (AvgIpc) is 3.16. The number of anilines is 1. The normalized spacial score (nSPS) is 15.1. The molecule has 1 saturated heterocycles. The maximum atomic E-state index is 13.6. The van der Waals surface area contributed by atoms with Crippen LogP contribution in [0, 0.1) is 19.7 Å². The predicted molar refractivity (Wildman–Crippen MR) is 132 cm³/mol. The Morgan fingerprint density at radius 1 is 0.971 bits per heavy atom. The Balaban J connectivity index is 1.42. The number of hydrogen-bond acceptors (Lipinski definition) is 5. The average molecular weight is 496 g/mol. The van der Waals surface area contributed by atoms with Crippen LogP contribution in [-0.4, -0.2) is 53.1 Å². The summed E-state index contributed by atoms with van der Waals surface area (Å²) in [5, 5.41) is 4.42. The molecule has 0 bridgehead atoms. The highest BCUT2D eigenvalue weighted by Crippen LogP contribution is 2.23. The summed E-state index contributed by atoms with van der Waals surface area (Å²) in [6.07, 6.45) is 1.54.